The van der Waals surface area contributed by atoms with Gasteiger partial charge in [-0.3, -0.25) is 4.79 Å². The summed E-state index contributed by atoms with van der Waals surface area (Å²) in [6.45, 7) is 4.80. The Labute approximate surface area is 137 Å². The largest absolute Gasteiger partial charge is 0.359 e. The summed E-state index contributed by atoms with van der Waals surface area (Å²) < 4.78 is 0. The van der Waals surface area contributed by atoms with Crippen molar-refractivity contribution in [3.8, 4) is 0 Å². The van der Waals surface area contributed by atoms with Crippen LogP contribution in [0.25, 0.3) is 0 Å². The average Bonchev–Trinajstić information content (AvgIpc) is 3.04. The van der Waals surface area contributed by atoms with Crippen LogP contribution in [0.15, 0.2) is 48.5 Å². The standard InChI is InChI=1S/C20H22N2O/c1-14-11-16-7-3-5-9-18(16)21(14)13-20(23)22-15(2)12-17-8-4-6-10-19(17)22/h3-10,14-15H,11-13H2,1-2H3/t14-,15+/m1/s1. The molecule has 2 aromatic carbocycles. The van der Waals surface area contributed by atoms with Gasteiger partial charge in [0.15, 0.2) is 0 Å². The molecule has 0 aliphatic carbocycles. The summed E-state index contributed by atoms with van der Waals surface area (Å²) in [5.41, 5.74) is 4.93. The quantitative estimate of drug-likeness (QED) is 0.849. The number of hydrogen-bond acceptors (Lipinski definition) is 2. The highest BCUT2D eigenvalue weighted by Crippen LogP contribution is 2.34. The highest BCUT2D eigenvalue weighted by molar-refractivity contribution is 5.99. The zero-order valence-electron chi connectivity index (χ0n) is 13.7. The molecule has 2 aliphatic rings. The van der Waals surface area contributed by atoms with Gasteiger partial charge in [0.05, 0.1) is 6.54 Å². The molecule has 3 heteroatoms. The van der Waals surface area contributed by atoms with E-state index in [9.17, 15) is 4.79 Å². The lowest BCUT2D eigenvalue weighted by atomic mass is 10.1. The number of carbonyl (C=O) groups excluding carboxylic acids is 1. The predicted molar refractivity (Wildman–Crippen MR) is 94.0 cm³/mol. The number of para-hydroxylation sites is 2. The Morgan fingerprint density at radius 3 is 2.22 bits per heavy atom. The van der Waals surface area contributed by atoms with Gasteiger partial charge in [-0.05, 0) is 49.9 Å². The fourth-order valence-corrected chi connectivity index (χ4v) is 4.04. The SMILES string of the molecule is C[C@@H]1Cc2ccccc2N1CC(=O)N1c2ccccc2C[C@@H]1C. The molecule has 118 valence electrons. The van der Waals surface area contributed by atoms with E-state index < -0.39 is 0 Å². The molecule has 2 aromatic rings. The lowest BCUT2D eigenvalue weighted by Gasteiger charge is -2.29. The van der Waals surface area contributed by atoms with Crippen molar-refractivity contribution in [1.29, 1.82) is 0 Å². The molecule has 0 radical (unpaired) electrons. The van der Waals surface area contributed by atoms with E-state index in [-0.39, 0.29) is 11.9 Å². The third-order valence-corrected chi connectivity index (χ3v) is 5.13. The predicted octanol–water partition coefficient (Wildman–Crippen LogP) is 3.42. The highest BCUT2D eigenvalue weighted by Gasteiger charge is 2.34. The number of nitrogens with zero attached hydrogens (tertiary/aromatic N) is 2. The summed E-state index contributed by atoms with van der Waals surface area (Å²) in [7, 11) is 0. The molecule has 0 saturated carbocycles. The van der Waals surface area contributed by atoms with Gasteiger partial charge >= 0.3 is 0 Å². The van der Waals surface area contributed by atoms with Gasteiger partial charge in [0.1, 0.15) is 0 Å². The van der Waals surface area contributed by atoms with Crippen LogP contribution in [0.1, 0.15) is 25.0 Å². The number of hydrogen-bond donors (Lipinski definition) is 0. The van der Waals surface area contributed by atoms with Gasteiger partial charge in [-0.2, -0.15) is 0 Å². The molecule has 4 rings (SSSR count). The second-order valence-corrected chi connectivity index (χ2v) is 6.76. The number of fused-ring (bicyclic) bond motifs is 2. The third-order valence-electron chi connectivity index (χ3n) is 5.13. The molecule has 1 amide bonds. The van der Waals surface area contributed by atoms with E-state index in [0.717, 1.165) is 18.5 Å². The minimum absolute atomic E-state index is 0.200. The number of benzene rings is 2. The first-order valence-corrected chi connectivity index (χ1v) is 8.39. The van der Waals surface area contributed by atoms with Crippen molar-refractivity contribution < 1.29 is 4.79 Å². The van der Waals surface area contributed by atoms with E-state index in [0.29, 0.717) is 12.6 Å². The molecular weight excluding hydrogens is 284 g/mol. The first-order chi connectivity index (χ1) is 11.1. The van der Waals surface area contributed by atoms with E-state index in [1.807, 2.05) is 11.0 Å². The molecule has 0 fully saturated rings. The second-order valence-electron chi connectivity index (χ2n) is 6.76. The van der Waals surface area contributed by atoms with Crippen molar-refractivity contribution in [2.45, 2.75) is 38.8 Å². The molecule has 2 heterocycles. The molecule has 0 N–H and O–H groups in total. The summed E-state index contributed by atoms with van der Waals surface area (Å²) in [4.78, 5) is 17.3. The van der Waals surface area contributed by atoms with E-state index in [2.05, 4.69) is 61.2 Å². The van der Waals surface area contributed by atoms with Gasteiger partial charge in [-0.1, -0.05) is 36.4 Å². The van der Waals surface area contributed by atoms with Gasteiger partial charge in [-0.25, -0.2) is 0 Å². The smallest absolute Gasteiger partial charge is 0.246 e. The van der Waals surface area contributed by atoms with Crippen LogP contribution in [0.3, 0.4) is 0 Å². The van der Waals surface area contributed by atoms with Crippen molar-refractivity contribution in [2.24, 2.45) is 0 Å². The van der Waals surface area contributed by atoms with Crippen LogP contribution in [-0.4, -0.2) is 24.5 Å². The molecule has 0 aromatic heterocycles. The van der Waals surface area contributed by atoms with Gasteiger partial charge in [0.25, 0.3) is 0 Å². The Morgan fingerprint density at radius 2 is 1.48 bits per heavy atom. The fourth-order valence-electron chi connectivity index (χ4n) is 4.04. The second kappa shape index (κ2) is 5.41. The maximum absolute atomic E-state index is 13.0. The van der Waals surface area contributed by atoms with Crippen molar-refractivity contribution in [3.63, 3.8) is 0 Å². The summed E-state index contributed by atoms with van der Waals surface area (Å²) in [6, 6.07) is 17.3. The topological polar surface area (TPSA) is 23.6 Å². The minimum Gasteiger partial charge on any atom is -0.359 e. The molecule has 2 atom stereocenters. The number of rotatable bonds is 2. The molecule has 0 saturated heterocycles. The van der Waals surface area contributed by atoms with Crippen LogP contribution in [-0.2, 0) is 17.6 Å². The molecule has 2 aliphatic heterocycles. The minimum atomic E-state index is 0.200. The van der Waals surface area contributed by atoms with E-state index in [1.165, 1.54) is 16.8 Å². The Hall–Kier alpha value is -2.29. The normalized spacial score (nSPS) is 22.2. The Bertz CT molecular complexity index is 755. The first kappa shape index (κ1) is 14.3. The maximum Gasteiger partial charge on any atom is 0.246 e. The summed E-state index contributed by atoms with van der Waals surface area (Å²) in [5.74, 6) is 0.200. The summed E-state index contributed by atoms with van der Waals surface area (Å²) >= 11 is 0. The maximum atomic E-state index is 13.0. The van der Waals surface area contributed by atoms with E-state index in [1.54, 1.807) is 0 Å². The van der Waals surface area contributed by atoms with E-state index in [4.69, 9.17) is 0 Å². The molecule has 0 unspecified atom stereocenters. The van der Waals surface area contributed by atoms with Crippen LogP contribution in [0.5, 0.6) is 0 Å². The zero-order chi connectivity index (χ0) is 16.0. The van der Waals surface area contributed by atoms with Gasteiger partial charge in [0.2, 0.25) is 5.91 Å². The van der Waals surface area contributed by atoms with Crippen LogP contribution in [0, 0.1) is 0 Å². The monoisotopic (exact) mass is 306 g/mol. The van der Waals surface area contributed by atoms with Crippen LogP contribution in [0.2, 0.25) is 0 Å². The number of carbonyl (C=O) groups is 1. The highest BCUT2D eigenvalue weighted by atomic mass is 16.2. The molecule has 0 spiro atoms. The lowest BCUT2D eigenvalue weighted by Crippen LogP contribution is -2.44. The molecule has 23 heavy (non-hydrogen) atoms. The van der Waals surface area contributed by atoms with Crippen LogP contribution >= 0.6 is 0 Å². The average molecular weight is 306 g/mol. The summed E-state index contributed by atoms with van der Waals surface area (Å²) in [5, 5.41) is 0. The molecule has 0 bridgehead atoms. The van der Waals surface area contributed by atoms with Crippen LogP contribution < -0.4 is 9.80 Å². The van der Waals surface area contributed by atoms with Crippen molar-refractivity contribution in [3.05, 3.63) is 59.7 Å². The third kappa shape index (κ3) is 2.31. The Kier molecular flexibility index (Phi) is 3.37. The van der Waals surface area contributed by atoms with Crippen LogP contribution in [0.4, 0.5) is 11.4 Å². The zero-order valence-corrected chi connectivity index (χ0v) is 13.7. The first-order valence-electron chi connectivity index (χ1n) is 8.39. The Morgan fingerprint density at radius 1 is 0.913 bits per heavy atom. The Balaban J connectivity index is 1.59. The van der Waals surface area contributed by atoms with Crippen molar-refractivity contribution in [1.82, 2.24) is 0 Å². The van der Waals surface area contributed by atoms with Gasteiger partial charge in [-0.15, -0.1) is 0 Å². The fraction of sp³-hybridized carbons (Fsp3) is 0.350. The molecular formula is C20H22N2O. The lowest BCUT2D eigenvalue weighted by molar-refractivity contribution is -0.117. The van der Waals surface area contributed by atoms with Gasteiger partial charge < -0.3 is 9.80 Å². The van der Waals surface area contributed by atoms with E-state index >= 15 is 0 Å². The van der Waals surface area contributed by atoms with Gasteiger partial charge in [0, 0.05) is 23.5 Å². The number of amides is 1. The van der Waals surface area contributed by atoms with Crippen molar-refractivity contribution in [2.75, 3.05) is 16.3 Å². The summed E-state index contributed by atoms with van der Waals surface area (Å²) in [6.07, 6.45) is 1.98. The number of anilines is 2. The molecule has 3 nitrogen and oxygen atoms in total. The van der Waals surface area contributed by atoms with Crippen molar-refractivity contribution >= 4 is 17.3 Å².